The largest absolute Gasteiger partial charge is 0.316 e. The van der Waals surface area contributed by atoms with Crippen molar-refractivity contribution in [2.45, 2.75) is 18.9 Å². The van der Waals surface area contributed by atoms with E-state index in [1.54, 1.807) is 0 Å². The van der Waals surface area contributed by atoms with Crippen LogP contribution in [-0.4, -0.2) is 18.9 Å². The average Bonchev–Trinajstić information content (AvgIpc) is 1.58. The van der Waals surface area contributed by atoms with Crippen LogP contribution in [0.5, 0.6) is 0 Å². The lowest BCUT2D eigenvalue weighted by molar-refractivity contribution is -0.125. The first-order valence-electron chi connectivity index (χ1n) is 2.52. The van der Waals surface area contributed by atoms with Crippen LogP contribution in [0.1, 0.15) is 12.8 Å². The fourth-order valence-electron chi connectivity index (χ4n) is 0.694. The van der Waals surface area contributed by atoms with Gasteiger partial charge in [0.1, 0.15) is 5.78 Å². The van der Waals surface area contributed by atoms with Crippen molar-refractivity contribution in [2.75, 3.05) is 7.05 Å². The molecule has 0 heterocycles. The van der Waals surface area contributed by atoms with Gasteiger partial charge in [-0.1, -0.05) is 0 Å². The van der Waals surface area contributed by atoms with Gasteiger partial charge < -0.3 is 5.32 Å². The summed E-state index contributed by atoms with van der Waals surface area (Å²) in [6.45, 7) is 0. The summed E-state index contributed by atoms with van der Waals surface area (Å²) in [5.74, 6) is 0.388. The summed E-state index contributed by atoms with van der Waals surface area (Å²) >= 11 is 0. The van der Waals surface area contributed by atoms with E-state index < -0.39 is 0 Å². The zero-order valence-electron chi connectivity index (χ0n) is 4.40. The molecule has 0 aromatic carbocycles. The van der Waals surface area contributed by atoms with Crippen LogP contribution in [0.2, 0.25) is 0 Å². The third-order valence-electron chi connectivity index (χ3n) is 1.36. The van der Waals surface area contributed by atoms with Crippen LogP contribution in [0.4, 0.5) is 0 Å². The number of carbonyl (C=O) groups is 1. The molecule has 0 spiro atoms. The fourth-order valence-corrected chi connectivity index (χ4v) is 0.694. The zero-order valence-corrected chi connectivity index (χ0v) is 4.40. The predicted molar refractivity (Wildman–Crippen MR) is 27.1 cm³/mol. The molecule has 0 bridgehead atoms. The van der Waals surface area contributed by atoms with Crippen LogP contribution >= 0.6 is 0 Å². The summed E-state index contributed by atoms with van der Waals surface area (Å²) in [6, 6.07) is 0.493. The molecule has 2 nitrogen and oxygen atoms in total. The Bertz CT molecular complexity index is 82.1. The van der Waals surface area contributed by atoms with Crippen molar-refractivity contribution in [3.05, 3.63) is 0 Å². The van der Waals surface area contributed by atoms with E-state index in [2.05, 4.69) is 5.32 Å². The monoisotopic (exact) mass is 99.1 g/mol. The van der Waals surface area contributed by atoms with Gasteiger partial charge in [-0.15, -0.1) is 0 Å². The summed E-state index contributed by atoms with van der Waals surface area (Å²) in [5.41, 5.74) is 0. The topological polar surface area (TPSA) is 29.1 Å². The van der Waals surface area contributed by atoms with Crippen molar-refractivity contribution in [1.29, 1.82) is 0 Å². The number of rotatable bonds is 1. The first-order chi connectivity index (χ1) is 3.33. The molecule has 0 radical (unpaired) electrons. The molecule has 0 unspecified atom stereocenters. The molecule has 1 N–H and O–H groups in total. The van der Waals surface area contributed by atoms with Crippen molar-refractivity contribution in [1.82, 2.24) is 5.32 Å². The Balaban J connectivity index is 2.17. The Labute approximate surface area is 42.9 Å². The van der Waals surface area contributed by atoms with E-state index in [0.29, 0.717) is 11.8 Å². The van der Waals surface area contributed by atoms with Crippen molar-refractivity contribution >= 4 is 5.78 Å². The lowest BCUT2D eigenvalue weighted by Gasteiger charge is -2.22. The Hall–Kier alpha value is -0.370. The predicted octanol–water partition coefficient (Wildman–Crippen LogP) is -0.0627. The van der Waals surface area contributed by atoms with Gasteiger partial charge in [-0.25, -0.2) is 0 Å². The zero-order chi connectivity index (χ0) is 5.28. The van der Waals surface area contributed by atoms with Crippen LogP contribution in [0, 0.1) is 0 Å². The minimum absolute atomic E-state index is 0.388. The van der Waals surface area contributed by atoms with Crippen LogP contribution in [0.3, 0.4) is 0 Å². The molecule has 0 atom stereocenters. The highest BCUT2D eigenvalue weighted by Crippen LogP contribution is 2.12. The van der Waals surface area contributed by atoms with Gasteiger partial charge in [0.25, 0.3) is 0 Å². The number of hydrogen-bond acceptors (Lipinski definition) is 2. The summed E-state index contributed by atoms with van der Waals surface area (Å²) in [5, 5.41) is 3.01. The maximum Gasteiger partial charge on any atom is 0.136 e. The van der Waals surface area contributed by atoms with Gasteiger partial charge in [0.2, 0.25) is 0 Å². The number of Topliss-reactive ketones (excluding diaryl/α,β-unsaturated/α-hetero) is 1. The molecule has 0 aromatic rings. The van der Waals surface area contributed by atoms with Crippen LogP contribution in [0.15, 0.2) is 0 Å². The standard InChI is InChI=1S/C5H9NO/c1-6-4-2-5(7)3-4/h4,6H,2-3H2,1H3. The lowest BCUT2D eigenvalue weighted by atomic mass is 9.92. The van der Waals surface area contributed by atoms with Gasteiger partial charge in [-0.05, 0) is 7.05 Å². The lowest BCUT2D eigenvalue weighted by Crippen LogP contribution is -2.39. The quantitative estimate of drug-likeness (QED) is 0.499. The molecule has 7 heavy (non-hydrogen) atoms. The first kappa shape index (κ1) is 4.78. The SMILES string of the molecule is CNC1CC(=O)C1. The van der Waals surface area contributed by atoms with Crippen molar-refractivity contribution < 1.29 is 4.79 Å². The fraction of sp³-hybridized carbons (Fsp3) is 0.800. The molecule has 1 aliphatic carbocycles. The van der Waals surface area contributed by atoms with Crippen molar-refractivity contribution in [2.24, 2.45) is 0 Å². The summed E-state index contributed by atoms with van der Waals surface area (Å²) < 4.78 is 0. The molecular weight excluding hydrogens is 90.1 g/mol. The molecule has 2 heteroatoms. The van der Waals surface area contributed by atoms with Gasteiger partial charge in [0, 0.05) is 18.9 Å². The minimum Gasteiger partial charge on any atom is -0.316 e. The molecule has 0 saturated heterocycles. The van der Waals surface area contributed by atoms with E-state index in [1.165, 1.54) is 0 Å². The minimum atomic E-state index is 0.388. The van der Waals surface area contributed by atoms with E-state index >= 15 is 0 Å². The van der Waals surface area contributed by atoms with Gasteiger partial charge >= 0.3 is 0 Å². The van der Waals surface area contributed by atoms with Crippen LogP contribution in [-0.2, 0) is 4.79 Å². The maximum absolute atomic E-state index is 10.2. The van der Waals surface area contributed by atoms with E-state index in [-0.39, 0.29) is 0 Å². The van der Waals surface area contributed by atoms with Gasteiger partial charge in [0.15, 0.2) is 0 Å². The van der Waals surface area contributed by atoms with Crippen LogP contribution < -0.4 is 5.32 Å². The molecule has 0 amide bonds. The Morgan fingerprint density at radius 3 is 2.43 bits per heavy atom. The van der Waals surface area contributed by atoms with E-state index in [9.17, 15) is 4.79 Å². The number of hydrogen-bond donors (Lipinski definition) is 1. The van der Waals surface area contributed by atoms with Crippen molar-refractivity contribution in [3.8, 4) is 0 Å². The number of nitrogens with one attached hydrogen (secondary N) is 1. The molecule has 1 saturated carbocycles. The first-order valence-corrected chi connectivity index (χ1v) is 2.52. The normalized spacial score (nSPS) is 22.1. The Kier molecular flexibility index (Phi) is 1.11. The molecule has 0 aromatic heterocycles. The molecule has 1 fully saturated rings. The Morgan fingerprint density at radius 2 is 2.29 bits per heavy atom. The second kappa shape index (κ2) is 1.62. The van der Waals surface area contributed by atoms with Crippen LogP contribution in [0.25, 0.3) is 0 Å². The Morgan fingerprint density at radius 1 is 1.71 bits per heavy atom. The molecule has 1 rings (SSSR count). The highest BCUT2D eigenvalue weighted by Gasteiger charge is 2.23. The number of ketones is 1. The van der Waals surface area contributed by atoms with E-state index in [4.69, 9.17) is 0 Å². The van der Waals surface area contributed by atoms with E-state index in [1.807, 2.05) is 7.05 Å². The molecular formula is C5H9NO. The molecule has 40 valence electrons. The van der Waals surface area contributed by atoms with E-state index in [0.717, 1.165) is 12.8 Å². The summed E-state index contributed by atoms with van der Waals surface area (Å²) in [4.78, 5) is 10.2. The average molecular weight is 99.1 g/mol. The molecule has 1 aliphatic rings. The van der Waals surface area contributed by atoms with Gasteiger partial charge in [-0.2, -0.15) is 0 Å². The highest BCUT2D eigenvalue weighted by atomic mass is 16.1. The third-order valence-corrected chi connectivity index (χ3v) is 1.36. The highest BCUT2D eigenvalue weighted by molar-refractivity contribution is 5.85. The summed E-state index contributed by atoms with van der Waals surface area (Å²) in [7, 11) is 1.89. The second-order valence-corrected chi connectivity index (χ2v) is 1.93. The molecule has 0 aliphatic heterocycles. The third kappa shape index (κ3) is 0.800. The summed E-state index contributed by atoms with van der Waals surface area (Å²) in [6.07, 6.45) is 1.49. The second-order valence-electron chi connectivity index (χ2n) is 1.93. The van der Waals surface area contributed by atoms with Crippen molar-refractivity contribution in [3.63, 3.8) is 0 Å². The van der Waals surface area contributed by atoms with Gasteiger partial charge in [0.05, 0.1) is 0 Å². The maximum atomic E-state index is 10.2. The van der Waals surface area contributed by atoms with Gasteiger partial charge in [-0.3, -0.25) is 4.79 Å². The smallest absolute Gasteiger partial charge is 0.136 e. The number of carbonyl (C=O) groups excluding carboxylic acids is 1.